The van der Waals surface area contributed by atoms with Crippen LogP contribution < -0.4 is 15.5 Å². The molecule has 0 amide bonds. The van der Waals surface area contributed by atoms with Gasteiger partial charge in [-0.1, -0.05) is 0 Å². The number of piperazine rings is 1. The number of nitrogens with zero attached hydrogens (tertiary/aromatic N) is 4. The minimum Gasteiger partial charge on any atom is -0.465 e. The molecule has 0 spiro atoms. The Bertz CT molecular complexity index is 684. The average molecular weight is 313 g/mol. The summed E-state index contributed by atoms with van der Waals surface area (Å²) in [7, 11) is 1.34. The molecule has 7 nitrogen and oxygen atoms in total. The van der Waals surface area contributed by atoms with Gasteiger partial charge in [0.25, 0.3) is 0 Å². The zero-order valence-corrected chi connectivity index (χ0v) is 13.0. The second-order valence-electron chi connectivity index (χ2n) is 5.30. The van der Waals surface area contributed by atoms with Crippen molar-refractivity contribution in [3.8, 4) is 0 Å². The van der Waals surface area contributed by atoms with E-state index < -0.39 is 5.97 Å². The van der Waals surface area contributed by atoms with Crippen LogP contribution in [0.4, 0.5) is 17.2 Å². The van der Waals surface area contributed by atoms with E-state index in [0.29, 0.717) is 11.3 Å². The molecule has 0 unspecified atom stereocenters. The number of hydrogen-bond acceptors (Lipinski definition) is 7. The van der Waals surface area contributed by atoms with Crippen molar-refractivity contribution < 1.29 is 9.53 Å². The fourth-order valence-electron chi connectivity index (χ4n) is 2.66. The van der Waals surface area contributed by atoms with Crippen LogP contribution in [-0.2, 0) is 4.74 Å². The molecule has 1 saturated heterocycles. The molecule has 0 aromatic carbocycles. The van der Waals surface area contributed by atoms with E-state index in [9.17, 15) is 4.79 Å². The number of anilines is 3. The summed E-state index contributed by atoms with van der Waals surface area (Å²) in [5.74, 6) is 0.301. The Morgan fingerprint density at radius 1 is 1.17 bits per heavy atom. The van der Waals surface area contributed by atoms with Crippen molar-refractivity contribution in [2.24, 2.45) is 0 Å². The van der Waals surface area contributed by atoms with Crippen LogP contribution in [-0.4, -0.2) is 49.2 Å². The van der Waals surface area contributed by atoms with Gasteiger partial charge in [0.05, 0.1) is 24.6 Å². The summed E-state index contributed by atoms with van der Waals surface area (Å²) in [5, 5.41) is 0. The summed E-state index contributed by atoms with van der Waals surface area (Å²) in [6.07, 6.45) is 5.11. The van der Waals surface area contributed by atoms with E-state index in [1.807, 2.05) is 12.1 Å². The summed E-state index contributed by atoms with van der Waals surface area (Å²) in [6.45, 7) is 3.40. The second-order valence-corrected chi connectivity index (χ2v) is 5.30. The molecule has 0 aliphatic carbocycles. The van der Waals surface area contributed by atoms with Gasteiger partial charge in [-0.15, -0.1) is 0 Å². The molecule has 2 aromatic rings. The van der Waals surface area contributed by atoms with E-state index in [2.05, 4.69) is 19.8 Å². The summed E-state index contributed by atoms with van der Waals surface area (Å²) < 4.78 is 4.75. The molecule has 3 heterocycles. The Morgan fingerprint density at radius 2 is 1.83 bits per heavy atom. The Morgan fingerprint density at radius 3 is 2.48 bits per heavy atom. The molecule has 2 aromatic heterocycles. The van der Waals surface area contributed by atoms with Crippen LogP contribution >= 0.6 is 0 Å². The van der Waals surface area contributed by atoms with E-state index in [1.165, 1.54) is 19.0 Å². The first-order valence-corrected chi connectivity index (χ1v) is 7.43. The van der Waals surface area contributed by atoms with Gasteiger partial charge in [-0.25, -0.2) is 9.78 Å². The van der Waals surface area contributed by atoms with Crippen LogP contribution in [0.1, 0.15) is 10.4 Å². The number of ether oxygens (including phenoxy) is 1. The molecule has 2 N–H and O–H groups in total. The first kappa shape index (κ1) is 15.1. The van der Waals surface area contributed by atoms with Gasteiger partial charge in [0.2, 0.25) is 0 Å². The normalized spacial score (nSPS) is 14.7. The molecule has 1 aliphatic heterocycles. The van der Waals surface area contributed by atoms with Gasteiger partial charge >= 0.3 is 5.97 Å². The van der Waals surface area contributed by atoms with Crippen molar-refractivity contribution >= 4 is 23.2 Å². The van der Waals surface area contributed by atoms with Crippen LogP contribution in [0.5, 0.6) is 0 Å². The van der Waals surface area contributed by atoms with Gasteiger partial charge in [-0.2, -0.15) is 0 Å². The molecule has 1 fully saturated rings. The monoisotopic (exact) mass is 313 g/mol. The molecule has 0 bridgehead atoms. The molecule has 23 heavy (non-hydrogen) atoms. The lowest BCUT2D eigenvalue weighted by Crippen LogP contribution is -2.46. The van der Waals surface area contributed by atoms with E-state index >= 15 is 0 Å². The summed E-state index contributed by atoms with van der Waals surface area (Å²) in [4.78, 5) is 24.6. The molecular formula is C16H19N5O2. The highest BCUT2D eigenvalue weighted by atomic mass is 16.5. The molecule has 0 atom stereocenters. The van der Waals surface area contributed by atoms with Gasteiger partial charge in [-0.3, -0.25) is 4.98 Å². The van der Waals surface area contributed by atoms with Crippen LogP contribution in [0.3, 0.4) is 0 Å². The maximum absolute atomic E-state index is 11.7. The number of nitrogens with two attached hydrogens (primary N) is 1. The van der Waals surface area contributed by atoms with Crippen molar-refractivity contribution in [1.82, 2.24) is 9.97 Å². The predicted molar refractivity (Wildman–Crippen MR) is 88.7 cm³/mol. The van der Waals surface area contributed by atoms with E-state index in [4.69, 9.17) is 10.5 Å². The summed E-state index contributed by atoms with van der Waals surface area (Å²) >= 11 is 0. The minimum atomic E-state index is -0.443. The highest BCUT2D eigenvalue weighted by Crippen LogP contribution is 2.22. The number of esters is 1. The number of pyridine rings is 2. The third-order valence-corrected chi connectivity index (χ3v) is 3.96. The van der Waals surface area contributed by atoms with Crippen LogP contribution in [0.15, 0.2) is 36.8 Å². The lowest BCUT2D eigenvalue weighted by atomic mass is 10.2. The molecule has 120 valence electrons. The third kappa shape index (κ3) is 3.18. The fraction of sp³-hybridized carbons (Fsp3) is 0.312. The number of nitrogen functional groups attached to an aromatic ring is 1. The number of rotatable bonds is 3. The zero-order chi connectivity index (χ0) is 16.2. The molecule has 1 aliphatic rings. The highest BCUT2D eigenvalue weighted by Gasteiger charge is 2.20. The van der Waals surface area contributed by atoms with Gasteiger partial charge in [0.15, 0.2) is 0 Å². The molecular weight excluding hydrogens is 294 g/mol. The number of carbonyl (C=O) groups is 1. The van der Waals surface area contributed by atoms with Crippen molar-refractivity contribution in [2.75, 3.05) is 48.8 Å². The number of methoxy groups -OCH3 is 1. The van der Waals surface area contributed by atoms with Crippen molar-refractivity contribution in [3.63, 3.8) is 0 Å². The molecule has 3 rings (SSSR count). The van der Waals surface area contributed by atoms with Gasteiger partial charge in [-0.05, 0) is 18.2 Å². The number of hydrogen-bond donors (Lipinski definition) is 1. The minimum absolute atomic E-state index is 0.330. The smallest absolute Gasteiger partial charge is 0.340 e. The molecule has 0 saturated carbocycles. The summed E-state index contributed by atoms with van der Waals surface area (Å²) in [6, 6.07) is 5.71. The lowest BCUT2D eigenvalue weighted by molar-refractivity contribution is 0.0602. The Kier molecular flexibility index (Phi) is 4.27. The van der Waals surface area contributed by atoms with Gasteiger partial charge < -0.3 is 20.3 Å². The molecule has 0 radical (unpaired) electrons. The van der Waals surface area contributed by atoms with E-state index in [1.54, 1.807) is 18.5 Å². The average Bonchev–Trinajstić information content (AvgIpc) is 2.62. The summed E-state index contributed by atoms with van der Waals surface area (Å²) in [5.41, 5.74) is 7.65. The third-order valence-electron chi connectivity index (χ3n) is 3.96. The van der Waals surface area contributed by atoms with Crippen molar-refractivity contribution in [3.05, 3.63) is 42.4 Å². The maximum Gasteiger partial charge on any atom is 0.340 e. The first-order chi connectivity index (χ1) is 11.2. The van der Waals surface area contributed by atoms with Crippen LogP contribution in [0.25, 0.3) is 0 Å². The van der Waals surface area contributed by atoms with Crippen molar-refractivity contribution in [2.45, 2.75) is 0 Å². The highest BCUT2D eigenvalue weighted by molar-refractivity contribution is 5.95. The van der Waals surface area contributed by atoms with Gasteiger partial charge in [0.1, 0.15) is 5.82 Å². The zero-order valence-electron chi connectivity index (χ0n) is 13.0. The molecule has 7 heteroatoms. The lowest BCUT2D eigenvalue weighted by Gasteiger charge is -2.36. The van der Waals surface area contributed by atoms with E-state index in [-0.39, 0.29) is 0 Å². The maximum atomic E-state index is 11.7. The quantitative estimate of drug-likeness (QED) is 0.851. The Balaban J connectivity index is 1.71. The van der Waals surface area contributed by atoms with Crippen molar-refractivity contribution in [1.29, 1.82) is 0 Å². The van der Waals surface area contributed by atoms with Crippen LogP contribution in [0.2, 0.25) is 0 Å². The SMILES string of the molecule is COC(=O)c1cc(N2CCN(c3ccncc3)CC2)ncc1N. The topological polar surface area (TPSA) is 84.6 Å². The first-order valence-electron chi connectivity index (χ1n) is 7.43. The fourth-order valence-corrected chi connectivity index (χ4v) is 2.66. The number of aromatic nitrogens is 2. The standard InChI is InChI=1S/C16H19N5O2/c1-23-16(22)13-10-15(19-11-14(13)17)21-8-6-20(7-9-21)12-2-4-18-5-3-12/h2-5,10-11H,6-9,17H2,1H3. The van der Waals surface area contributed by atoms with Gasteiger partial charge in [0, 0.05) is 44.3 Å². The second kappa shape index (κ2) is 6.51. The predicted octanol–water partition coefficient (Wildman–Crippen LogP) is 1.17. The van der Waals surface area contributed by atoms with E-state index in [0.717, 1.165) is 32.0 Å². The number of carbonyl (C=O) groups excluding carboxylic acids is 1. The Hall–Kier alpha value is -2.83. The Labute approximate surface area is 134 Å². The van der Waals surface area contributed by atoms with Crippen LogP contribution in [0, 0.1) is 0 Å². The largest absolute Gasteiger partial charge is 0.465 e.